The maximum atomic E-state index is 3.80. The first kappa shape index (κ1) is 14.5. The van der Waals surface area contributed by atoms with E-state index in [-0.39, 0.29) is 0 Å². The van der Waals surface area contributed by atoms with Crippen LogP contribution in [-0.4, -0.2) is 0 Å². The number of aryl methyl sites for hydroxylation is 2. The Morgan fingerprint density at radius 2 is 1.89 bits per heavy atom. The van der Waals surface area contributed by atoms with Gasteiger partial charge in [-0.25, -0.2) is 0 Å². The van der Waals surface area contributed by atoms with Crippen LogP contribution in [0.2, 0.25) is 0 Å². The molecule has 18 heavy (non-hydrogen) atoms. The Hall–Kier alpha value is -1.56. The van der Waals surface area contributed by atoms with E-state index in [4.69, 9.17) is 0 Å². The summed E-state index contributed by atoms with van der Waals surface area (Å²) in [6, 6.07) is 6.57. The molecule has 0 heterocycles. The fraction of sp³-hybridized carbons (Fsp3) is 0.333. The molecule has 0 spiro atoms. The highest BCUT2D eigenvalue weighted by Crippen LogP contribution is 2.32. The molecule has 0 atom stereocenters. The summed E-state index contributed by atoms with van der Waals surface area (Å²) < 4.78 is 0. The van der Waals surface area contributed by atoms with Gasteiger partial charge in [-0.1, -0.05) is 49.4 Å². The van der Waals surface area contributed by atoms with Gasteiger partial charge in [0.15, 0.2) is 0 Å². The zero-order chi connectivity index (χ0) is 13.7. The van der Waals surface area contributed by atoms with Gasteiger partial charge in [0.2, 0.25) is 0 Å². The minimum Gasteiger partial charge on any atom is -0.0991 e. The van der Waals surface area contributed by atoms with Crippen molar-refractivity contribution < 1.29 is 0 Å². The lowest BCUT2D eigenvalue weighted by Crippen LogP contribution is -1.99. The Kier molecular flexibility index (Phi) is 5.15. The van der Waals surface area contributed by atoms with Crippen molar-refractivity contribution in [2.24, 2.45) is 0 Å². The molecule has 0 amide bonds. The number of allylic oxidation sites excluding steroid dienone is 5. The molecule has 0 saturated heterocycles. The summed E-state index contributed by atoms with van der Waals surface area (Å²) in [4.78, 5) is 0. The zero-order valence-corrected chi connectivity index (χ0v) is 12.3. The number of benzene rings is 1. The summed E-state index contributed by atoms with van der Waals surface area (Å²) >= 11 is 0. The highest BCUT2D eigenvalue weighted by molar-refractivity contribution is 5.84. The van der Waals surface area contributed by atoms with Crippen LogP contribution in [0.25, 0.3) is 5.57 Å². The molecule has 0 heteroatoms. The smallest absolute Gasteiger partial charge is 0.0121 e. The summed E-state index contributed by atoms with van der Waals surface area (Å²) in [6.07, 6.45) is 5.02. The van der Waals surface area contributed by atoms with Crippen molar-refractivity contribution in [1.82, 2.24) is 0 Å². The van der Waals surface area contributed by atoms with Crippen LogP contribution < -0.4 is 0 Å². The molecule has 1 aromatic carbocycles. The molecule has 0 bridgehead atoms. The normalized spacial score (nSPS) is 11.3. The van der Waals surface area contributed by atoms with Gasteiger partial charge in [-0.05, 0) is 62.0 Å². The van der Waals surface area contributed by atoms with Crippen LogP contribution in [0.4, 0.5) is 0 Å². The molecule has 0 saturated carbocycles. The van der Waals surface area contributed by atoms with Crippen molar-refractivity contribution in [3.05, 3.63) is 64.8 Å². The first-order valence-electron chi connectivity index (χ1n) is 6.58. The largest absolute Gasteiger partial charge is 0.0991 e. The number of rotatable bonds is 4. The van der Waals surface area contributed by atoms with Crippen molar-refractivity contribution in [2.75, 3.05) is 0 Å². The predicted octanol–water partition coefficient (Wildman–Crippen LogP) is 5.48. The Balaban J connectivity index is 3.56. The lowest BCUT2D eigenvalue weighted by atomic mass is 9.87. The van der Waals surface area contributed by atoms with Gasteiger partial charge in [0, 0.05) is 0 Å². The van der Waals surface area contributed by atoms with E-state index in [1.54, 1.807) is 0 Å². The first-order chi connectivity index (χ1) is 8.52. The molecule has 0 N–H and O–H groups in total. The van der Waals surface area contributed by atoms with Crippen molar-refractivity contribution in [1.29, 1.82) is 0 Å². The van der Waals surface area contributed by atoms with Crippen molar-refractivity contribution in [3.8, 4) is 0 Å². The molecule has 0 radical (unpaired) electrons. The third-order valence-corrected chi connectivity index (χ3v) is 3.25. The number of hydrogen-bond donors (Lipinski definition) is 0. The van der Waals surface area contributed by atoms with Gasteiger partial charge < -0.3 is 0 Å². The predicted molar refractivity (Wildman–Crippen MR) is 82.8 cm³/mol. The second kappa shape index (κ2) is 6.39. The molecule has 0 unspecified atom stereocenters. The van der Waals surface area contributed by atoms with Crippen LogP contribution in [0.3, 0.4) is 0 Å². The quantitative estimate of drug-likeness (QED) is 0.611. The van der Waals surface area contributed by atoms with Crippen LogP contribution in [0, 0.1) is 6.92 Å². The zero-order valence-electron chi connectivity index (χ0n) is 12.3. The summed E-state index contributed by atoms with van der Waals surface area (Å²) in [5.74, 6) is 0. The van der Waals surface area contributed by atoms with Crippen LogP contribution in [0.5, 0.6) is 0 Å². The molecule has 0 aliphatic heterocycles. The standard InChI is InChI=1S/C18H24/c1-7-10-14(5)17(13(3)4)18-15(6)11-9-12-16(18)8-2/h7,9-12H,1,8H2,2-6H3. The van der Waals surface area contributed by atoms with E-state index in [2.05, 4.69) is 65.5 Å². The van der Waals surface area contributed by atoms with E-state index in [0.717, 1.165) is 6.42 Å². The molecular weight excluding hydrogens is 216 g/mol. The molecule has 0 aromatic heterocycles. The van der Waals surface area contributed by atoms with Gasteiger partial charge in [0.05, 0.1) is 0 Å². The maximum absolute atomic E-state index is 3.80. The summed E-state index contributed by atoms with van der Waals surface area (Å²) in [6.45, 7) is 14.7. The summed E-state index contributed by atoms with van der Waals surface area (Å²) in [5.41, 5.74) is 8.18. The fourth-order valence-electron chi connectivity index (χ4n) is 2.48. The van der Waals surface area contributed by atoms with Gasteiger partial charge in [-0.3, -0.25) is 0 Å². The fourth-order valence-corrected chi connectivity index (χ4v) is 2.48. The van der Waals surface area contributed by atoms with E-state index in [9.17, 15) is 0 Å². The minimum atomic E-state index is 1.06. The van der Waals surface area contributed by atoms with E-state index < -0.39 is 0 Å². The van der Waals surface area contributed by atoms with Gasteiger partial charge in [-0.15, -0.1) is 0 Å². The minimum absolute atomic E-state index is 1.06. The molecule has 0 aliphatic carbocycles. The Bertz CT molecular complexity index is 495. The molecule has 1 aromatic rings. The summed E-state index contributed by atoms with van der Waals surface area (Å²) in [7, 11) is 0. The average molecular weight is 240 g/mol. The van der Waals surface area contributed by atoms with Crippen LogP contribution in [0.15, 0.2) is 48.1 Å². The summed E-state index contributed by atoms with van der Waals surface area (Å²) in [5, 5.41) is 0. The Labute approximate surface area is 112 Å². The molecule has 0 fully saturated rings. The van der Waals surface area contributed by atoms with Crippen molar-refractivity contribution in [2.45, 2.75) is 41.0 Å². The van der Waals surface area contributed by atoms with E-state index in [1.807, 2.05) is 6.08 Å². The number of hydrogen-bond acceptors (Lipinski definition) is 0. The molecular formula is C18H24. The van der Waals surface area contributed by atoms with Crippen LogP contribution >= 0.6 is 0 Å². The van der Waals surface area contributed by atoms with Gasteiger partial charge >= 0.3 is 0 Å². The molecule has 0 nitrogen and oxygen atoms in total. The lowest BCUT2D eigenvalue weighted by molar-refractivity contribution is 1.11. The Morgan fingerprint density at radius 1 is 1.22 bits per heavy atom. The topological polar surface area (TPSA) is 0 Å². The van der Waals surface area contributed by atoms with E-state index in [1.165, 1.54) is 33.4 Å². The third-order valence-electron chi connectivity index (χ3n) is 3.25. The van der Waals surface area contributed by atoms with Crippen LogP contribution in [0.1, 0.15) is 44.4 Å². The SMILES string of the molecule is C=CC=C(C)C(=C(C)C)c1c(C)cccc1CC. The van der Waals surface area contributed by atoms with Crippen molar-refractivity contribution in [3.63, 3.8) is 0 Å². The second-order valence-electron chi connectivity index (χ2n) is 4.92. The Morgan fingerprint density at radius 3 is 2.39 bits per heavy atom. The van der Waals surface area contributed by atoms with Crippen LogP contribution in [-0.2, 0) is 6.42 Å². The van der Waals surface area contributed by atoms with Crippen molar-refractivity contribution >= 4 is 5.57 Å². The lowest BCUT2D eigenvalue weighted by Gasteiger charge is -2.18. The van der Waals surface area contributed by atoms with Gasteiger partial charge in [0.25, 0.3) is 0 Å². The first-order valence-corrected chi connectivity index (χ1v) is 6.58. The van der Waals surface area contributed by atoms with Gasteiger partial charge in [-0.2, -0.15) is 0 Å². The molecule has 1 rings (SSSR count). The highest BCUT2D eigenvalue weighted by Gasteiger charge is 2.12. The maximum Gasteiger partial charge on any atom is -0.0121 e. The highest BCUT2D eigenvalue weighted by atomic mass is 14.2. The second-order valence-corrected chi connectivity index (χ2v) is 4.92. The average Bonchev–Trinajstić information content (AvgIpc) is 2.31. The molecule has 0 aliphatic rings. The van der Waals surface area contributed by atoms with E-state index >= 15 is 0 Å². The monoisotopic (exact) mass is 240 g/mol. The third kappa shape index (κ3) is 3.01. The molecule has 96 valence electrons. The van der Waals surface area contributed by atoms with Gasteiger partial charge in [0.1, 0.15) is 0 Å². The van der Waals surface area contributed by atoms with E-state index in [0.29, 0.717) is 0 Å².